The van der Waals surface area contributed by atoms with E-state index in [9.17, 15) is 8.42 Å². The minimum Gasteiger partial charge on any atom is -0.491 e. The Morgan fingerprint density at radius 1 is 1.31 bits per heavy atom. The second-order valence-corrected chi connectivity index (χ2v) is 9.74. The van der Waals surface area contributed by atoms with Gasteiger partial charge in [0.1, 0.15) is 22.2 Å². The normalized spacial score (nSPS) is 12.8. The van der Waals surface area contributed by atoms with Gasteiger partial charge in [0.2, 0.25) is 0 Å². The summed E-state index contributed by atoms with van der Waals surface area (Å²) in [7, 11) is 0.754. The zero-order valence-corrected chi connectivity index (χ0v) is 17.7. The van der Waals surface area contributed by atoms with Crippen molar-refractivity contribution in [3.63, 3.8) is 0 Å². The van der Waals surface area contributed by atoms with Gasteiger partial charge in [0, 0.05) is 26.9 Å². The number of likely N-dealkylation sites (N-methyl/N-ethyl adjacent to an activating group) is 1. The lowest BCUT2D eigenvalue weighted by atomic mass is 9.90. The molecule has 1 aromatic carbocycles. The molecule has 1 rings (SSSR count). The fourth-order valence-corrected chi connectivity index (χ4v) is 3.29. The first kappa shape index (κ1) is 22.3. The highest BCUT2D eigenvalue weighted by molar-refractivity contribution is 7.90. The summed E-state index contributed by atoms with van der Waals surface area (Å²) in [4.78, 5) is 6.31. The molecule has 0 saturated heterocycles. The van der Waals surface area contributed by atoms with Gasteiger partial charge in [-0.05, 0) is 30.4 Å². The van der Waals surface area contributed by atoms with Gasteiger partial charge in [0.05, 0.1) is 12.3 Å². The maximum atomic E-state index is 11.4. The minimum absolute atomic E-state index is 0.141. The molecule has 0 unspecified atom stereocenters. The van der Waals surface area contributed by atoms with Crippen LogP contribution in [0.5, 0.6) is 5.75 Å². The van der Waals surface area contributed by atoms with Gasteiger partial charge in [-0.3, -0.25) is 4.99 Å². The first-order chi connectivity index (χ1) is 12.0. The van der Waals surface area contributed by atoms with E-state index < -0.39 is 9.84 Å². The van der Waals surface area contributed by atoms with Crippen molar-refractivity contribution in [2.24, 2.45) is 10.4 Å². The molecular weight excluding hydrogens is 350 g/mol. The number of guanidine groups is 1. The molecule has 26 heavy (non-hydrogen) atoms. The van der Waals surface area contributed by atoms with E-state index in [0.29, 0.717) is 26.1 Å². The molecule has 6 nitrogen and oxygen atoms in total. The molecule has 0 aromatic heterocycles. The van der Waals surface area contributed by atoms with E-state index in [-0.39, 0.29) is 11.2 Å². The summed E-state index contributed by atoms with van der Waals surface area (Å²) in [6, 6.07) is 7.95. The van der Waals surface area contributed by atoms with Crippen molar-refractivity contribution in [1.82, 2.24) is 10.2 Å². The van der Waals surface area contributed by atoms with E-state index in [1.54, 1.807) is 7.05 Å². The predicted octanol–water partition coefficient (Wildman–Crippen LogP) is 2.34. The Morgan fingerprint density at radius 2 is 1.96 bits per heavy atom. The molecule has 0 fully saturated rings. The van der Waals surface area contributed by atoms with Crippen LogP contribution in [0.3, 0.4) is 0 Å². The van der Waals surface area contributed by atoms with Crippen molar-refractivity contribution in [2.75, 3.05) is 45.8 Å². The maximum absolute atomic E-state index is 11.4. The number of aryl methyl sites for hydroxylation is 1. The molecule has 148 valence electrons. The van der Waals surface area contributed by atoms with Gasteiger partial charge in [0.15, 0.2) is 5.96 Å². The monoisotopic (exact) mass is 383 g/mol. The third-order valence-corrected chi connectivity index (χ3v) is 5.17. The van der Waals surface area contributed by atoms with E-state index in [0.717, 1.165) is 17.3 Å². The van der Waals surface area contributed by atoms with Crippen LogP contribution in [0.15, 0.2) is 29.3 Å². The number of nitrogens with zero attached hydrogens (tertiary/aromatic N) is 2. The van der Waals surface area contributed by atoms with Crippen LogP contribution in [0.2, 0.25) is 0 Å². The number of ether oxygens (including phenoxy) is 1. The van der Waals surface area contributed by atoms with Crippen LogP contribution < -0.4 is 10.1 Å². The Kier molecular flexibility index (Phi) is 8.40. The average Bonchev–Trinajstić information content (AvgIpc) is 2.55. The number of hydrogen-bond donors (Lipinski definition) is 1. The largest absolute Gasteiger partial charge is 0.491 e. The summed E-state index contributed by atoms with van der Waals surface area (Å²) >= 11 is 0. The van der Waals surface area contributed by atoms with Crippen LogP contribution in [0.4, 0.5) is 0 Å². The Bertz CT molecular complexity index is 700. The third-order valence-electron chi connectivity index (χ3n) is 4.23. The molecule has 0 radical (unpaired) electrons. The van der Waals surface area contributed by atoms with Gasteiger partial charge in [-0.25, -0.2) is 8.42 Å². The second-order valence-electron chi connectivity index (χ2n) is 7.48. The zero-order chi connectivity index (χ0) is 19.8. The van der Waals surface area contributed by atoms with Crippen LogP contribution in [0, 0.1) is 12.3 Å². The molecule has 7 heteroatoms. The number of nitrogens with one attached hydrogen (secondary N) is 1. The van der Waals surface area contributed by atoms with Gasteiger partial charge < -0.3 is 15.0 Å². The van der Waals surface area contributed by atoms with E-state index in [4.69, 9.17) is 4.74 Å². The minimum atomic E-state index is -2.94. The number of para-hydroxylation sites is 1. The van der Waals surface area contributed by atoms with E-state index >= 15 is 0 Å². The molecule has 0 heterocycles. The lowest BCUT2D eigenvalue weighted by molar-refractivity contribution is 0.276. The summed E-state index contributed by atoms with van der Waals surface area (Å²) in [6.45, 7) is 8.03. The smallest absolute Gasteiger partial charge is 0.193 e. The van der Waals surface area contributed by atoms with E-state index in [2.05, 4.69) is 24.2 Å². The van der Waals surface area contributed by atoms with E-state index in [1.165, 1.54) is 6.26 Å². The SMILES string of the molecule is CN=C(NCC(C)(C)CCS(C)(=O)=O)N(C)CCOc1ccccc1C. The third kappa shape index (κ3) is 8.56. The Hall–Kier alpha value is -1.76. The van der Waals surface area contributed by atoms with Gasteiger partial charge in [-0.2, -0.15) is 0 Å². The highest BCUT2D eigenvalue weighted by Crippen LogP contribution is 2.20. The van der Waals surface area contributed by atoms with Crippen LogP contribution >= 0.6 is 0 Å². The quantitative estimate of drug-likeness (QED) is 0.523. The fraction of sp³-hybridized carbons (Fsp3) is 0.632. The van der Waals surface area contributed by atoms with Crippen molar-refractivity contribution >= 4 is 15.8 Å². The molecule has 1 aromatic rings. The molecule has 0 bridgehead atoms. The summed E-state index contributed by atoms with van der Waals surface area (Å²) in [5, 5.41) is 3.33. The van der Waals surface area contributed by atoms with Crippen molar-refractivity contribution in [3.05, 3.63) is 29.8 Å². The summed E-state index contributed by atoms with van der Waals surface area (Å²) in [5.41, 5.74) is 0.975. The van der Waals surface area contributed by atoms with Crippen LogP contribution in [0.1, 0.15) is 25.8 Å². The number of hydrogen-bond acceptors (Lipinski definition) is 4. The standard InChI is InChI=1S/C19H33N3O3S/c1-16-9-7-8-10-17(16)25-13-12-22(5)18(20-4)21-15-19(2,3)11-14-26(6,23)24/h7-10H,11-15H2,1-6H3,(H,20,21). The Labute approximate surface area is 158 Å². The van der Waals surface area contributed by atoms with Gasteiger partial charge in [-0.1, -0.05) is 32.0 Å². The first-order valence-electron chi connectivity index (χ1n) is 8.82. The zero-order valence-electron chi connectivity index (χ0n) is 16.9. The molecular formula is C19H33N3O3S. The molecule has 0 saturated carbocycles. The summed E-state index contributed by atoms with van der Waals surface area (Å²) < 4.78 is 28.6. The Balaban J connectivity index is 2.46. The van der Waals surface area contributed by atoms with Crippen molar-refractivity contribution in [3.8, 4) is 5.75 Å². The summed E-state index contributed by atoms with van der Waals surface area (Å²) in [5.74, 6) is 1.86. The lowest BCUT2D eigenvalue weighted by Crippen LogP contribution is -2.44. The highest BCUT2D eigenvalue weighted by atomic mass is 32.2. The number of aliphatic imine (C=N–C) groups is 1. The predicted molar refractivity (Wildman–Crippen MR) is 109 cm³/mol. The molecule has 0 aliphatic heterocycles. The summed E-state index contributed by atoms with van der Waals surface area (Å²) in [6.07, 6.45) is 1.88. The number of benzene rings is 1. The van der Waals surface area contributed by atoms with Crippen LogP contribution in [-0.4, -0.2) is 65.1 Å². The fourth-order valence-electron chi connectivity index (χ4n) is 2.37. The van der Waals surface area contributed by atoms with E-state index in [1.807, 2.05) is 43.1 Å². The second kappa shape index (κ2) is 9.80. The molecule has 0 aliphatic carbocycles. The maximum Gasteiger partial charge on any atom is 0.193 e. The molecule has 0 amide bonds. The topological polar surface area (TPSA) is 71.0 Å². The Morgan fingerprint density at radius 3 is 2.54 bits per heavy atom. The highest BCUT2D eigenvalue weighted by Gasteiger charge is 2.21. The molecule has 0 aliphatic rings. The van der Waals surface area contributed by atoms with Crippen LogP contribution in [-0.2, 0) is 9.84 Å². The number of sulfone groups is 1. The lowest BCUT2D eigenvalue weighted by Gasteiger charge is -2.28. The number of rotatable bonds is 9. The first-order valence-corrected chi connectivity index (χ1v) is 10.9. The van der Waals surface area contributed by atoms with Crippen molar-refractivity contribution in [1.29, 1.82) is 0 Å². The average molecular weight is 384 g/mol. The van der Waals surface area contributed by atoms with Crippen LogP contribution in [0.25, 0.3) is 0 Å². The molecule has 0 atom stereocenters. The van der Waals surface area contributed by atoms with Crippen molar-refractivity contribution in [2.45, 2.75) is 27.2 Å². The van der Waals surface area contributed by atoms with Gasteiger partial charge in [-0.15, -0.1) is 0 Å². The molecule has 0 spiro atoms. The molecule has 1 N–H and O–H groups in total. The van der Waals surface area contributed by atoms with Gasteiger partial charge >= 0.3 is 0 Å². The van der Waals surface area contributed by atoms with Gasteiger partial charge in [0.25, 0.3) is 0 Å². The van der Waals surface area contributed by atoms with Crippen molar-refractivity contribution < 1.29 is 13.2 Å².